The number of aromatic nitrogens is 2. The summed E-state index contributed by atoms with van der Waals surface area (Å²) in [5.74, 6) is 1.07. The van der Waals surface area contributed by atoms with Crippen LogP contribution in [0, 0.1) is 0 Å². The van der Waals surface area contributed by atoms with Crippen molar-refractivity contribution < 1.29 is 0 Å². The Morgan fingerprint density at radius 2 is 2.31 bits per heavy atom. The Labute approximate surface area is 101 Å². The van der Waals surface area contributed by atoms with Crippen LogP contribution in [0.2, 0.25) is 5.02 Å². The summed E-state index contributed by atoms with van der Waals surface area (Å²) in [6.07, 6.45) is 5.05. The number of nitrogens with zero attached hydrogens (tertiary/aromatic N) is 3. The molecule has 0 saturated carbocycles. The highest BCUT2D eigenvalue weighted by Gasteiger charge is 2.31. The minimum atomic E-state index is 0.286. The van der Waals surface area contributed by atoms with Gasteiger partial charge in [-0.3, -0.25) is 0 Å². The maximum Gasteiger partial charge on any atom is 0.222 e. The van der Waals surface area contributed by atoms with Crippen LogP contribution in [-0.2, 0) is 0 Å². The van der Waals surface area contributed by atoms with Crippen molar-refractivity contribution in [3.05, 3.63) is 11.2 Å². The van der Waals surface area contributed by atoms with Crippen molar-refractivity contribution in [3.8, 4) is 0 Å². The molecule has 0 aliphatic carbocycles. The van der Waals surface area contributed by atoms with Crippen molar-refractivity contribution in [2.45, 2.75) is 45.2 Å². The number of anilines is 2. The lowest BCUT2D eigenvalue weighted by Gasteiger charge is -2.29. The Bertz CT molecular complexity index is 382. The Kier molecular flexibility index (Phi) is 3.19. The van der Waals surface area contributed by atoms with E-state index in [0.29, 0.717) is 17.1 Å². The highest BCUT2D eigenvalue weighted by atomic mass is 35.5. The van der Waals surface area contributed by atoms with Gasteiger partial charge in [0.1, 0.15) is 5.02 Å². The molecule has 0 amide bonds. The molecule has 88 valence electrons. The van der Waals surface area contributed by atoms with Gasteiger partial charge in [-0.2, -0.15) is 4.98 Å². The lowest BCUT2D eigenvalue weighted by Crippen LogP contribution is -2.35. The van der Waals surface area contributed by atoms with Gasteiger partial charge >= 0.3 is 0 Å². The van der Waals surface area contributed by atoms with Gasteiger partial charge in [-0.1, -0.05) is 18.5 Å². The fourth-order valence-corrected chi connectivity index (χ4v) is 2.60. The van der Waals surface area contributed by atoms with E-state index < -0.39 is 0 Å². The summed E-state index contributed by atoms with van der Waals surface area (Å²) in [7, 11) is 0. The lowest BCUT2D eigenvalue weighted by molar-refractivity contribution is 0.621. The van der Waals surface area contributed by atoms with Crippen LogP contribution in [0.3, 0.4) is 0 Å². The molecule has 2 unspecified atom stereocenters. The number of nitrogens with two attached hydrogens (primary N) is 1. The Hall–Kier alpha value is -1.03. The van der Waals surface area contributed by atoms with Gasteiger partial charge in [0.15, 0.2) is 5.82 Å². The van der Waals surface area contributed by atoms with E-state index in [4.69, 9.17) is 17.3 Å². The summed E-state index contributed by atoms with van der Waals surface area (Å²) in [5.41, 5.74) is 5.62. The molecule has 2 atom stereocenters. The maximum absolute atomic E-state index is 6.14. The zero-order chi connectivity index (χ0) is 11.7. The van der Waals surface area contributed by atoms with Crippen molar-refractivity contribution in [2.75, 3.05) is 10.6 Å². The third-order valence-electron chi connectivity index (χ3n) is 3.25. The van der Waals surface area contributed by atoms with Gasteiger partial charge in [0.25, 0.3) is 0 Å². The van der Waals surface area contributed by atoms with Gasteiger partial charge in [0, 0.05) is 12.1 Å². The van der Waals surface area contributed by atoms with Crippen LogP contribution >= 0.6 is 11.6 Å². The lowest BCUT2D eigenvalue weighted by atomic mass is 10.1. The highest BCUT2D eigenvalue weighted by Crippen LogP contribution is 2.34. The molecule has 1 fully saturated rings. The average Bonchev–Trinajstić information content (AvgIpc) is 2.63. The Balaban J connectivity index is 2.37. The number of hydrogen-bond acceptors (Lipinski definition) is 4. The van der Waals surface area contributed by atoms with Gasteiger partial charge in [-0.25, -0.2) is 4.98 Å². The smallest absolute Gasteiger partial charge is 0.222 e. The molecule has 1 aromatic rings. The molecule has 1 aromatic heterocycles. The molecule has 0 aromatic carbocycles. The molecule has 1 aliphatic rings. The summed E-state index contributed by atoms with van der Waals surface area (Å²) in [5, 5.41) is 0.585. The van der Waals surface area contributed by atoms with Gasteiger partial charge in [-0.15, -0.1) is 0 Å². The van der Waals surface area contributed by atoms with E-state index >= 15 is 0 Å². The molecule has 0 bridgehead atoms. The minimum Gasteiger partial charge on any atom is -0.368 e. The molecule has 16 heavy (non-hydrogen) atoms. The third-order valence-corrected chi connectivity index (χ3v) is 3.51. The van der Waals surface area contributed by atoms with Gasteiger partial charge in [0.05, 0.1) is 6.20 Å². The Morgan fingerprint density at radius 1 is 1.56 bits per heavy atom. The molecule has 2 rings (SSSR count). The third kappa shape index (κ3) is 1.94. The first-order valence-corrected chi connectivity index (χ1v) is 6.07. The van der Waals surface area contributed by atoms with Crippen LogP contribution in [0.15, 0.2) is 6.20 Å². The monoisotopic (exact) mass is 240 g/mol. The number of nitrogen functional groups attached to an aromatic ring is 1. The van der Waals surface area contributed by atoms with E-state index in [1.165, 1.54) is 12.8 Å². The van der Waals surface area contributed by atoms with Crippen molar-refractivity contribution in [3.63, 3.8) is 0 Å². The average molecular weight is 241 g/mol. The molecule has 5 heteroatoms. The molecular weight excluding hydrogens is 224 g/mol. The summed E-state index contributed by atoms with van der Waals surface area (Å²) in [4.78, 5) is 10.4. The first kappa shape index (κ1) is 11.5. The van der Waals surface area contributed by atoms with Crippen LogP contribution < -0.4 is 10.6 Å². The van der Waals surface area contributed by atoms with E-state index in [0.717, 1.165) is 12.2 Å². The SMILES string of the molecule is CCC1CCC(C)N1c1nc(N)ncc1Cl. The fourth-order valence-electron chi connectivity index (χ4n) is 2.41. The first-order valence-electron chi connectivity index (χ1n) is 5.69. The largest absolute Gasteiger partial charge is 0.368 e. The second-order valence-electron chi connectivity index (χ2n) is 4.30. The second kappa shape index (κ2) is 4.45. The van der Waals surface area contributed by atoms with Gasteiger partial charge in [0.2, 0.25) is 5.95 Å². The zero-order valence-electron chi connectivity index (χ0n) is 9.65. The topological polar surface area (TPSA) is 55.0 Å². The van der Waals surface area contributed by atoms with E-state index in [2.05, 4.69) is 28.7 Å². The van der Waals surface area contributed by atoms with Crippen LogP contribution in [0.5, 0.6) is 0 Å². The van der Waals surface area contributed by atoms with E-state index in [1.807, 2.05) is 0 Å². The van der Waals surface area contributed by atoms with Crippen LogP contribution in [0.4, 0.5) is 11.8 Å². The molecule has 2 heterocycles. The fraction of sp³-hybridized carbons (Fsp3) is 0.636. The molecular formula is C11H17ClN4. The summed E-state index contributed by atoms with van der Waals surface area (Å²) >= 11 is 6.14. The number of hydrogen-bond donors (Lipinski definition) is 1. The van der Waals surface area contributed by atoms with Crippen molar-refractivity contribution in [1.29, 1.82) is 0 Å². The number of halogens is 1. The second-order valence-corrected chi connectivity index (χ2v) is 4.70. The number of rotatable bonds is 2. The normalized spacial score (nSPS) is 25.1. The van der Waals surface area contributed by atoms with Crippen LogP contribution in [-0.4, -0.2) is 22.1 Å². The minimum absolute atomic E-state index is 0.286. The van der Waals surface area contributed by atoms with Crippen molar-refractivity contribution >= 4 is 23.4 Å². The quantitative estimate of drug-likeness (QED) is 0.863. The molecule has 1 aliphatic heterocycles. The van der Waals surface area contributed by atoms with Crippen molar-refractivity contribution in [1.82, 2.24) is 9.97 Å². The van der Waals surface area contributed by atoms with Gasteiger partial charge < -0.3 is 10.6 Å². The zero-order valence-corrected chi connectivity index (χ0v) is 10.4. The van der Waals surface area contributed by atoms with Crippen molar-refractivity contribution in [2.24, 2.45) is 0 Å². The molecule has 2 N–H and O–H groups in total. The standard InChI is InChI=1S/C11H17ClN4/c1-3-8-5-4-7(2)16(8)10-9(12)6-14-11(13)15-10/h6-8H,3-5H2,1-2H3,(H2,13,14,15). The predicted molar refractivity (Wildman–Crippen MR) is 66.7 cm³/mol. The first-order chi connectivity index (χ1) is 7.63. The summed E-state index contributed by atoms with van der Waals surface area (Å²) in [6.45, 7) is 4.39. The predicted octanol–water partition coefficient (Wildman–Crippen LogP) is 2.48. The van der Waals surface area contributed by atoms with Gasteiger partial charge in [-0.05, 0) is 26.2 Å². The maximum atomic E-state index is 6.14. The molecule has 4 nitrogen and oxygen atoms in total. The Morgan fingerprint density at radius 3 is 3.00 bits per heavy atom. The molecule has 0 spiro atoms. The van der Waals surface area contributed by atoms with Crippen LogP contribution in [0.1, 0.15) is 33.1 Å². The molecule has 1 saturated heterocycles. The molecule has 0 radical (unpaired) electrons. The summed E-state index contributed by atoms with van der Waals surface area (Å²) < 4.78 is 0. The van der Waals surface area contributed by atoms with E-state index in [9.17, 15) is 0 Å². The van der Waals surface area contributed by atoms with E-state index in [-0.39, 0.29) is 5.95 Å². The highest BCUT2D eigenvalue weighted by molar-refractivity contribution is 6.32. The van der Waals surface area contributed by atoms with Crippen LogP contribution in [0.25, 0.3) is 0 Å². The van der Waals surface area contributed by atoms with E-state index in [1.54, 1.807) is 6.20 Å². The summed E-state index contributed by atoms with van der Waals surface area (Å²) in [6, 6.07) is 0.985.